The summed E-state index contributed by atoms with van der Waals surface area (Å²) in [7, 11) is 2.90. The largest absolute Gasteiger partial charge is 0.507 e. The first-order valence-corrected chi connectivity index (χ1v) is 4.86. The van der Waals surface area contributed by atoms with E-state index in [9.17, 15) is 9.90 Å². The van der Waals surface area contributed by atoms with Crippen LogP contribution in [-0.4, -0.2) is 30.4 Å². The number of carbonyl (C=O) groups is 1. The number of phenols is 1. The molecule has 0 radical (unpaired) electrons. The molecule has 1 rings (SSSR count). The fourth-order valence-electron chi connectivity index (χ4n) is 1.30. The highest BCUT2D eigenvalue weighted by Gasteiger charge is 2.11. The summed E-state index contributed by atoms with van der Waals surface area (Å²) in [6.07, 6.45) is 1.34. The minimum Gasteiger partial charge on any atom is -0.507 e. The third-order valence-corrected chi connectivity index (χ3v) is 2.25. The predicted octanol–water partition coefficient (Wildman–Crippen LogP) is 1.90. The van der Waals surface area contributed by atoms with Crippen LogP contribution in [0.4, 0.5) is 0 Å². The summed E-state index contributed by atoms with van der Waals surface area (Å²) in [5, 5.41) is 18.6. The van der Waals surface area contributed by atoms with E-state index in [4.69, 9.17) is 14.6 Å². The summed E-state index contributed by atoms with van der Waals surface area (Å²) in [6, 6.07) is 2.96. The lowest BCUT2D eigenvalue weighted by Gasteiger charge is -2.10. The van der Waals surface area contributed by atoms with E-state index >= 15 is 0 Å². The molecule has 0 aliphatic heterocycles. The summed E-state index contributed by atoms with van der Waals surface area (Å²) in [6.45, 7) is 1.44. The summed E-state index contributed by atoms with van der Waals surface area (Å²) < 4.78 is 10.0. The first-order valence-electron chi connectivity index (χ1n) is 4.86. The average molecular weight is 238 g/mol. The van der Waals surface area contributed by atoms with E-state index in [-0.39, 0.29) is 11.3 Å². The number of aliphatic carboxylic acids is 1. The van der Waals surface area contributed by atoms with Crippen molar-refractivity contribution in [3.63, 3.8) is 0 Å². The summed E-state index contributed by atoms with van der Waals surface area (Å²) >= 11 is 0. The second kappa shape index (κ2) is 5.25. The van der Waals surface area contributed by atoms with Crippen LogP contribution in [0.25, 0.3) is 6.08 Å². The number of ether oxygens (including phenoxy) is 2. The summed E-state index contributed by atoms with van der Waals surface area (Å²) in [5.41, 5.74) is 0.414. The van der Waals surface area contributed by atoms with E-state index in [1.807, 2.05) is 0 Å². The molecule has 0 aliphatic carbocycles. The van der Waals surface area contributed by atoms with Crippen LogP contribution in [0.2, 0.25) is 0 Å². The van der Waals surface area contributed by atoms with Crippen LogP contribution in [0.15, 0.2) is 17.7 Å². The zero-order valence-electron chi connectivity index (χ0n) is 9.85. The Morgan fingerprint density at radius 3 is 2.41 bits per heavy atom. The van der Waals surface area contributed by atoms with Gasteiger partial charge in [-0.2, -0.15) is 0 Å². The fourth-order valence-corrected chi connectivity index (χ4v) is 1.30. The number of rotatable bonds is 4. The first kappa shape index (κ1) is 12.9. The number of carboxylic acid groups (broad SMARTS) is 1. The highest BCUT2D eigenvalue weighted by atomic mass is 16.5. The fraction of sp³-hybridized carbons (Fsp3) is 0.250. The van der Waals surface area contributed by atoms with Crippen LogP contribution in [0, 0.1) is 0 Å². The Hall–Kier alpha value is -2.17. The van der Waals surface area contributed by atoms with Crippen LogP contribution in [0.1, 0.15) is 12.5 Å². The van der Waals surface area contributed by atoms with Gasteiger partial charge in [-0.25, -0.2) is 4.79 Å². The molecule has 5 heteroatoms. The molecule has 17 heavy (non-hydrogen) atoms. The predicted molar refractivity (Wildman–Crippen MR) is 62.5 cm³/mol. The Kier molecular flexibility index (Phi) is 3.98. The zero-order chi connectivity index (χ0) is 13.0. The molecule has 92 valence electrons. The van der Waals surface area contributed by atoms with E-state index in [2.05, 4.69) is 0 Å². The highest BCUT2D eigenvalue weighted by molar-refractivity contribution is 5.92. The van der Waals surface area contributed by atoms with Crippen molar-refractivity contribution in [1.29, 1.82) is 0 Å². The van der Waals surface area contributed by atoms with Crippen molar-refractivity contribution in [2.45, 2.75) is 6.92 Å². The lowest BCUT2D eigenvalue weighted by Crippen LogP contribution is -1.97. The molecule has 0 amide bonds. The molecule has 0 bridgehead atoms. The summed E-state index contributed by atoms with van der Waals surface area (Å²) in [4.78, 5) is 10.7. The number of methoxy groups -OCH3 is 2. The Morgan fingerprint density at radius 2 is 1.94 bits per heavy atom. The van der Waals surface area contributed by atoms with Gasteiger partial charge in [-0.05, 0) is 13.0 Å². The number of hydrogen-bond donors (Lipinski definition) is 2. The minimum absolute atomic E-state index is 0.0956. The lowest BCUT2D eigenvalue weighted by molar-refractivity contribution is -0.132. The molecule has 2 N–H and O–H groups in total. The smallest absolute Gasteiger partial charge is 0.331 e. The van der Waals surface area contributed by atoms with E-state index < -0.39 is 5.97 Å². The maximum Gasteiger partial charge on any atom is 0.331 e. The first-order chi connectivity index (χ1) is 7.99. The SMILES string of the molecule is COc1cc(O)c(/C=C(\C)C(=O)O)c(OC)c1. The third kappa shape index (κ3) is 2.90. The zero-order valence-corrected chi connectivity index (χ0v) is 9.85. The summed E-state index contributed by atoms with van der Waals surface area (Å²) in [5.74, 6) is -0.365. The molecule has 0 fully saturated rings. The van der Waals surface area contributed by atoms with Gasteiger partial charge in [-0.1, -0.05) is 0 Å². The molecule has 0 heterocycles. The quantitative estimate of drug-likeness (QED) is 0.783. The third-order valence-electron chi connectivity index (χ3n) is 2.25. The Balaban J connectivity index is 3.32. The van der Waals surface area contributed by atoms with Crippen LogP contribution >= 0.6 is 0 Å². The molecule has 0 aromatic heterocycles. The maximum atomic E-state index is 10.7. The van der Waals surface area contributed by atoms with Crippen molar-refractivity contribution < 1.29 is 24.5 Å². The van der Waals surface area contributed by atoms with Crippen LogP contribution < -0.4 is 9.47 Å². The molecule has 5 nitrogen and oxygen atoms in total. The monoisotopic (exact) mass is 238 g/mol. The Bertz CT molecular complexity index is 462. The molecule has 1 aromatic carbocycles. The number of aromatic hydroxyl groups is 1. The van der Waals surface area contributed by atoms with Crippen LogP contribution in [-0.2, 0) is 4.79 Å². The van der Waals surface area contributed by atoms with Crippen LogP contribution in [0.5, 0.6) is 17.2 Å². The maximum absolute atomic E-state index is 10.7. The Morgan fingerprint density at radius 1 is 1.29 bits per heavy atom. The molecular weight excluding hydrogens is 224 g/mol. The van der Waals surface area contributed by atoms with Gasteiger partial charge in [0.15, 0.2) is 0 Å². The van der Waals surface area contributed by atoms with Crippen LogP contribution in [0.3, 0.4) is 0 Å². The van der Waals surface area contributed by atoms with E-state index in [0.717, 1.165) is 0 Å². The molecule has 0 saturated heterocycles. The normalized spacial score (nSPS) is 11.1. The number of hydrogen-bond acceptors (Lipinski definition) is 4. The van der Waals surface area contributed by atoms with Gasteiger partial charge >= 0.3 is 5.97 Å². The van der Waals surface area contributed by atoms with E-state index in [1.54, 1.807) is 6.07 Å². The second-order valence-electron chi connectivity index (χ2n) is 3.39. The average Bonchev–Trinajstić information content (AvgIpc) is 2.30. The lowest BCUT2D eigenvalue weighted by atomic mass is 10.1. The Labute approximate surface area is 98.9 Å². The van der Waals surface area contributed by atoms with Gasteiger partial charge in [0.05, 0.1) is 19.8 Å². The van der Waals surface area contributed by atoms with Crippen molar-refractivity contribution in [3.05, 3.63) is 23.3 Å². The molecule has 0 atom stereocenters. The van der Waals surface area contributed by atoms with Gasteiger partial charge < -0.3 is 19.7 Å². The standard InChI is InChI=1S/C12H14O5/c1-7(12(14)15)4-9-10(13)5-8(16-2)6-11(9)17-3/h4-6,13H,1-3H3,(H,14,15)/b7-4+. The molecule has 0 spiro atoms. The molecule has 0 unspecified atom stereocenters. The van der Waals surface area contributed by atoms with Crippen molar-refractivity contribution in [1.82, 2.24) is 0 Å². The van der Waals surface area contributed by atoms with Gasteiger partial charge in [-0.15, -0.1) is 0 Å². The van der Waals surface area contributed by atoms with Crippen molar-refractivity contribution >= 4 is 12.0 Å². The highest BCUT2D eigenvalue weighted by Crippen LogP contribution is 2.34. The van der Waals surface area contributed by atoms with Crippen molar-refractivity contribution in [3.8, 4) is 17.2 Å². The minimum atomic E-state index is -1.05. The van der Waals surface area contributed by atoms with Gasteiger partial charge in [0, 0.05) is 17.7 Å². The molecule has 1 aromatic rings. The number of phenolic OH excluding ortho intramolecular Hbond substituents is 1. The molecular formula is C12H14O5. The van der Waals surface area contributed by atoms with Gasteiger partial charge in [-0.3, -0.25) is 0 Å². The van der Waals surface area contributed by atoms with Gasteiger partial charge in [0.2, 0.25) is 0 Å². The van der Waals surface area contributed by atoms with E-state index in [1.165, 1.54) is 33.3 Å². The molecule has 0 aliphatic rings. The van der Waals surface area contributed by atoms with E-state index in [0.29, 0.717) is 17.1 Å². The second-order valence-corrected chi connectivity index (χ2v) is 3.39. The molecule has 0 saturated carbocycles. The van der Waals surface area contributed by atoms with Crippen molar-refractivity contribution in [2.24, 2.45) is 0 Å². The van der Waals surface area contributed by atoms with Gasteiger partial charge in [0.1, 0.15) is 17.2 Å². The number of benzene rings is 1. The number of carboxylic acids is 1. The van der Waals surface area contributed by atoms with Gasteiger partial charge in [0.25, 0.3) is 0 Å². The van der Waals surface area contributed by atoms with Crippen molar-refractivity contribution in [2.75, 3.05) is 14.2 Å². The topological polar surface area (TPSA) is 76.0 Å².